The molecule has 0 aliphatic heterocycles. The molecule has 1 rings (SSSR count). The lowest BCUT2D eigenvalue weighted by Crippen LogP contribution is -2.43. The monoisotopic (exact) mass is 338 g/mol. The van der Waals surface area contributed by atoms with Gasteiger partial charge in [-0.15, -0.1) is 6.42 Å². The van der Waals surface area contributed by atoms with E-state index in [1.807, 2.05) is 24.3 Å². The number of carbonyl (C=O) groups excluding carboxylic acids is 1. The molecule has 0 saturated carbocycles. The molecule has 5 nitrogen and oxygen atoms in total. The van der Waals surface area contributed by atoms with Crippen LogP contribution >= 0.6 is 15.9 Å². The standard InChI is InChI=1S/C14H15BrN2O3/c1-3-8-17(10-13(18)19)14(20)16(2)9-11-4-6-12(15)7-5-11/h1,4-7H,8-10H2,2H3,(H,18,19). The van der Waals surface area contributed by atoms with Crippen molar-refractivity contribution in [2.45, 2.75) is 6.54 Å². The Hall–Kier alpha value is -2.00. The fourth-order valence-corrected chi connectivity index (χ4v) is 1.90. The van der Waals surface area contributed by atoms with Crippen molar-refractivity contribution in [1.82, 2.24) is 9.80 Å². The van der Waals surface area contributed by atoms with Crippen molar-refractivity contribution in [3.63, 3.8) is 0 Å². The number of carboxylic acids is 1. The van der Waals surface area contributed by atoms with Gasteiger partial charge in [-0.1, -0.05) is 34.0 Å². The average Bonchev–Trinajstić information content (AvgIpc) is 2.39. The van der Waals surface area contributed by atoms with Crippen LogP contribution in [0, 0.1) is 12.3 Å². The Morgan fingerprint density at radius 1 is 1.35 bits per heavy atom. The van der Waals surface area contributed by atoms with Crippen LogP contribution in [0.25, 0.3) is 0 Å². The largest absolute Gasteiger partial charge is 0.480 e. The number of carboxylic acid groups (broad SMARTS) is 1. The molecule has 20 heavy (non-hydrogen) atoms. The molecular formula is C14H15BrN2O3. The predicted molar refractivity (Wildman–Crippen MR) is 79.0 cm³/mol. The minimum atomic E-state index is -1.09. The summed E-state index contributed by atoms with van der Waals surface area (Å²) in [4.78, 5) is 25.4. The summed E-state index contributed by atoms with van der Waals surface area (Å²) < 4.78 is 0.954. The van der Waals surface area contributed by atoms with E-state index in [4.69, 9.17) is 11.5 Å². The van der Waals surface area contributed by atoms with Crippen LogP contribution in [-0.4, -0.2) is 47.0 Å². The molecule has 0 radical (unpaired) electrons. The van der Waals surface area contributed by atoms with Gasteiger partial charge in [0, 0.05) is 18.1 Å². The zero-order valence-electron chi connectivity index (χ0n) is 11.0. The van der Waals surface area contributed by atoms with Gasteiger partial charge in [0.05, 0.1) is 6.54 Å². The molecule has 0 heterocycles. The molecule has 1 N–H and O–H groups in total. The summed E-state index contributed by atoms with van der Waals surface area (Å²) in [5.41, 5.74) is 0.944. The highest BCUT2D eigenvalue weighted by atomic mass is 79.9. The van der Waals surface area contributed by atoms with Gasteiger partial charge in [0.1, 0.15) is 6.54 Å². The Morgan fingerprint density at radius 2 is 1.95 bits per heavy atom. The Balaban J connectivity index is 2.71. The van der Waals surface area contributed by atoms with Crippen molar-refractivity contribution < 1.29 is 14.7 Å². The summed E-state index contributed by atoms with van der Waals surface area (Å²) in [6.45, 7) is -0.0592. The Labute approximate surface area is 126 Å². The summed E-state index contributed by atoms with van der Waals surface area (Å²) in [6.07, 6.45) is 5.15. The molecule has 0 unspecified atom stereocenters. The Bertz CT molecular complexity index is 522. The molecule has 1 aromatic carbocycles. The lowest BCUT2D eigenvalue weighted by molar-refractivity contribution is -0.137. The van der Waals surface area contributed by atoms with Crippen LogP contribution in [0.2, 0.25) is 0 Å². The molecule has 6 heteroatoms. The van der Waals surface area contributed by atoms with E-state index < -0.39 is 18.5 Å². The molecule has 106 valence electrons. The molecule has 0 fully saturated rings. The maximum absolute atomic E-state index is 12.1. The molecule has 1 aromatic rings. The summed E-state index contributed by atoms with van der Waals surface area (Å²) in [5.74, 6) is 1.20. The van der Waals surface area contributed by atoms with E-state index in [0.717, 1.165) is 14.9 Å². The maximum atomic E-state index is 12.1. The minimum absolute atomic E-state index is 0.0319. The zero-order chi connectivity index (χ0) is 15.1. The number of amides is 2. The van der Waals surface area contributed by atoms with Crippen LogP contribution in [0.1, 0.15) is 5.56 Å². The van der Waals surface area contributed by atoms with Crippen LogP contribution in [0.3, 0.4) is 0 Å². The third-order valence-electron chi connectivity index (χ3n) is 2.54. The van der Waals surface area contributed by atoms with Gasteiger partial charge in [0.25, 0.3) is 0 Å². The smallest absolute Gasteiger partial charge is 0.323 e. The van der Waals surface area contributed by atoms with Gasteiger partial charge in [0.2, 0.25) is 0 Å². The van der Waals surface area contributed by atoms with Gasteiger partial charge >= 0.3 is 12.0 Å². The first kappa shape index (κ1) is 16.1. The van der Waals surface area contributed by atoms with E-state index >= 15 is 0 Å². The third-order valence-corrected chi connectivity index (χ3v) is 3.07. The van der Waals surface area contributed by atoms with E-state index in [9.17, 15) is 9.59 Å². The van der Waals surface area contributed by atoms with Crippen molar-refractivity contribution in [2.75, 3.05) is 20.1 Å². The molecule has 0 saturated heterocycles. The molecule has 0 bridgehead atoms. The Kier molecular flexibility index (Phi) is 6.07. The highest BCUT2D eigenvalue weighted by Gasteiger charge is 2.19. The lowest BCUT2D eigenvalue weighted by atomic mass is 10.2. The normalized spacial score (nSPS) is 9.65. The van der Waals surface area contributed by atoms with Crippen molar-refractivity contribution >= 4 is 27.9 Å². The zero-order valence-corrected chi connectivity index (χ0v) is 12.6. The molecule has 2 amide bonds. The minimum Gasteiger partial charge on any atom is -0.480 e. The number of carbonyl (C=O) groups is 2. The number of halogens is 1. The molecular weight excluding hydrogens is 324 g/mol. The summed E-state index contributed by atoms with van der Waals surface area (Å²) >= 11 is 3.34. The van der Waals surface area contributed by atoms with Gasteiger partial charge in [-0.2, -0.15) is 0 Å². The number of hydrogen-bond donors (Lipinski definition) is 1. The molecule has 0 atom stereocenters. The number of aliphatic carboxylic acids is 1. The van der Waals surface area contributed by atoms with Crippen LogP contribution < -0.4 is 0 Å². The SMILES string of the molecule is C#CCN(CC(=O)O)C(=O)N(C)Cc1ccc(Br)cc1. The number of terminal acetylenes is 1. The third kappa shape index (κ3) is 4.94. The molecule has 0 aliphatic carbocycles. The van der Waals surface area contributed by atoms with E-state index in [1.54, 1.807) is 7.05 Å². The quantitative estimate of drug-likeness (QED) is 0.835. The molecule has 0 spiro atoms. The van der Waals surface area contributed by atoms with Crippen LogP contribution in [0.4, 0.5) is 4.79 Å². The van der Waals surface area contributed by atoms with Crippen LogP contribution in [0.5, 0.6) is 0 Å². The van der Waals surface area contributed by atoms with Crippen LogP contribution in [0.15, 0.2) is 28.7 Å². The number of rotatable bonds is 5. The first-order chi connectivity index (χ1) is 9.43. The fraction of sp³-hybridized carbons (Fsp3) is 0.286. The number of nitrogens with zero attached hydrogens (tertiary/aromatic N) is 2. The van der Waals surface area contributed by atoms with Crippen LogP contribution in [-0.2, 0) is 11.3 Å². The molecule has 0 aromatic heterocycles. The second-order valence-electron chi connectivity index (χ2n) is 4.22. The summed E-state index contributed by atoms with van der Waals surface area (Å²) in [5, 5.41) is 8.78. The van der Waals surface area contributed by atoms with Gasteiger partial charge < -0.3 is 14.9 Å². The molecule has 0 aliphatic rings. The van der Waals surface area contributed by atoms with E-state index in [0.29, 0.717) is 6.54 Å². The maximum Gasteiger partial charge on any atom is 0.323 e. The highest BCUT2D eigenvalue weighted by Crippen LogP contribution is 2.12. The van der Waals surface area contributed by atoms with Crippen molar-refractivity contribution in [1.29, 1.82) is 0 Å². The number of benzene rings is 1. The number of hydrogen-bond acceptors (Lipinski definition) is 2. The van der Waals surface area contributed by atoms with Crippen molar-refractivity contribution in [3.05, 3.63) is 34.3 Å². The van der Waals surface area contributed by atoms with E-state index in [1.165, 1.54) is 4.90 Å². The second kappa shape index (κ2) is 7.56. The lowest BCUT2D eigenvalue weighted by Gasteiger charge is -2.25. The van der Waals surface area contributed by atoms with Gasteiger partial charge in [-0.3, -0.25) is 4.79 Å². The second-order valence-corrected chi connectivity index (χ2v) is 5.13. The number of urea groups is 1. The first-order valence-corrected chi connectivity index (χ1v) is 6.63. The predicted octanol–water partition coefficient (Wildman–Crippen LogP) is 2.02. The summed E-state index contributed by atoms with van der Waals surface area (Å²) in [6, 6.07) is 7.12. The van der Waals surface area contributed by atoms with Gasteiger partial charge in [-0.25, -0.2) is 4.79 Å². The van der Waals surface area contributed by atoms with Gasteiger partial charge in [-0.05, 0) is 17.7 Å². The van der Waals surface area contributed by atoms with Gasteiger partial charge in [0.15, 0.2) is 0 Å². The highest BCUT2D eigenvalue weighted by molar-refractivity contribution is 9.10. The van der Waals surface area contributed by atoms with Crippen molar-refractivity contribution in [2.24, 2.45) is 0 Å². The Morgan fingerprint density at radius 3 is 2.45 bits per heavy atom. The van der Waals surface area contributed by atoms with E-state index in [-0.39, 0.29) is 6.54 Å². The summed E-state index contributed by atoms with van der Waals surface area (Å²) in [7, 11) is 1.61. The average molecular weight is 339 g/mol. The fourth-order valence-electron chi connectivity index (χ4n) is 1.64. The van der Waals surface area contributed by atoms with Crippen molar-refractivity contribution in [3.8, 4) is 12.3 Å². The first-order valence-electron chi connectivity index (χ1n) is 5.83. The van der Waals surface area contributed by atoms with E-state index in [2.05, 4.69) is 21.9 Å². The topological polar surface area (TPSA) is 60.9 Å².